The van der Waals surface area contributed by atoms with Crippen LogP contribution in [-0.4, -0.2) is 24.5 Å². The summed E-state index contributed by atoms with van der Waals surface area (Å²) in [5.41, 5.74) is 1.79. The lowest BCUT2D eigenvalue weighted by atomic mass is 10.1. The summed E-state index contributed by atoms with van der Waals surface area (Å²) in [5, 5.41) is 2.67. The Kier molecular flexibility index (Phi) is 8.26. The van der Waals surface area contributed by atoms with Gasteiger partial charge >= 0.3 is 5.97 Å². The van der Waals surface area contributed by atoms with Gasteiger partial charge in [0.25, 0.3) is 5.91 Å². The van der Waals surface area contributed by atoms with Gasteiger partial charge in [0.2, 0.25) is 0 Å². The first kappa shape index (κ1) is 18.2. The summed E-state index contributed by atoms with van der Waals surface area (Å²) in [5.74, 6) is -0.636. The first-order chi connectivity index (χ1) is 10.6. The quantitative estimate of drug-likeness (QED) is 0.561. The summed E-state index contributed by atoms with van der Waals surface area (Å²) in [7, 11) is 0. The normalized spacial score (nSPS) is 11.8. The predicted molar refractivity (Wildman–Crippen MR) is 87.8 cm³/mol. The van der Waals surface area contributed by atoms with Gasteiger partial charge in [0.05, 0.1) is 6.61 Å². The van der Waals surface area contributed by atoms with Gasteiger partial charge in [-0.15, -0.1) is 0 Å². The number of esters is 1. The van der Waals surface area contributed by atoms with Crippen molar-refractivity contribution in [3.05, 3.63) is 35.4 Å². The van der Waals surface area contributed by atoms with E-state index in [0.717, 1.165) is 32.1 Å². The van der Waals surface area contributed by atoms with Gasteiger partial charge in [-0.1, -0.05) is 38.8 Å². The Labute approximate surface area is 133 Å². The molecule has 1 atom stereocenters. The van der Waals surface area contributed by atoms with E-state index in [-0.39, 0.29) is 11.9 Å². The largest absolute Gasteiger partial charge is 0.464 e. The summed E-state index contributed by atoms with van der Waals surface area (Å²) in [4.78, 5) is 23.8. The number of unbranched alkanes of at least 4 members (excludes halogenated alkanes) is 2. The zero-order valence-corrected chi connectivity index (χ0v) is 13.9. The summed E-state index contributed by atoms with van der Waals surface area (Å²) in [6.45, 7) is 6.23. The van der Waals surface area contributed by atoms with E-state index < -0.39 is 6.04 Å². The number of amides is 1. The van der Waals surface area contributed by atoms with Gasteiger partial charge in [0.15, 0.2) is 0 Å². The third-order valence-electron chi connectivity index (χ3n) is 3.48. The van der Waals surface area contributed by atoms with Gasteiger partial charge in [0.1, 0.15) is 6.04 Å². The molecule has 122 valence electrons. The van der Waals surface area contributed by atoms with Gasteiger partial charge < -0.3 is 10.1 Å². The van der Waals surface area contributed by atoms with E-state index in [4.69, 9.17) is 4.74 Å². The third-order valence-corrected chi connectivity index (χ3v) is 3.48. The number of carbonyl (C=O) groups excluding carboxylic acids is 2. The van der Waals surface area contributed by atoms with E-state index in [1.54, 1.807) is 19.1 Å². The number of hydrogen-bond acceptors (Lipinski definition) is 3. The molecule has 0 aliphatic rings. The van der Waals surface area contributed by atoms with Crippen molar-refractivity contribution in [3.63, 3.8) is 0 Å². The standard InChI is InChI=1S/C18H27NO3/c1-4-6-8-15-9-11-16(12-10-15)17(20)19-14(3)18(21)22-13-7-5-2/h9-12,14H,4-8,13H2,1-3H3,(H,19,20). The maximum atomic E-state index is 12.1. The molecule has 0 aliphatic carbocycles. The van der Waals surface area contributed by atoms with Crippen molar-refractivity contribution in [2.75, 3.05) is 6.61 Å². The molecule has 0 aromatic heterocycles. The average molecular weight is 305 g/mol. The summed E-state index contributed by atoms with van der Waals surface area (Å²) in [6.07, 6.45) is 5.13. The highest BCUT2D eigenvalue weighted by Crippen LogP contribution is 2.08. The molecule has 0 heterocycles. The SMILES string of the molecule is CCCCOC(=O)C(C)NC(=O)c1ccc(CCCC)cc1. The molecule has 22 heavy (non-hydrogen) atoms. The van der Waals surface area contributed by atoms with Gasteiger partial charge in [-0.3, -0.25) is 4.79 Å². The Balaban J connectivity index is 2.48. The number of nitrogens with one attached hydrogen (secondary N) is 1. The Hall–Kier alpha value is -1.84. The van der Waals surface area contributed by atoms with Crippen LogP contribution in [0.1, 0.15) is 62.4 Å². The van der Waals surface area contributed by atoms with Crippen molar-refractivity contribution in [1.29, 1.82) is 0 Å². The van der Waals surface area contributed by atoms with E-state index >= 15 is 0 Å². The molecule has 0 saturated heterocycles. The molecule has 1 aromatic rings. The van der Waals surface area contributed by atoms with Crippen LogP contribution in [0.15, 0.2) is 24.3 Å². The Bertz CT molecular complexity index is 468. The predicted octanol–water partition coefficient (Wildman–Crippen LogP) is 3.49. The monoisotopic (exact) mass is 305 g/mol. The molecule has 0 aliphatic heterocycles. The lowest BCUT2D eigenvalue weighted by molar-refractivity contribution is -0.145. The van der Waals surface area contributed by atoms with Crippen LogP contribution in [0.4, 0.5) is 0 Å². The lowest BCUT2D eigenvalue weighted by Crippen LogP contribution is -2.39. The molecular weight excluding hydrogens is 278 g/mol. The maximum Gasteiger partial charge on any atom is 0.328 e. The van der Waals surface area contributed by atoms with E-state index in [1.165, 1.54) is 5.56 Å². The van der Waals surface area contributed by atoms with Gasteiger partial charge in [-0.25, -0.2) is 4.79 Å². The molecule has 1 unspecified atom stereocenters. The minimum Gasteiger partial charge on any atom is -0.464 e. The van der Waals surface area contributed by atoms with Crippen LogP contribution < -0.4 is 5.32 Å². The van der Waals surface area contributed by atoms with E-state index in [9.17, 15) is 9.59 Å². The van der Waals surface area contributed by atoms with E-state index in [1.807, 2.05) is 19.1 Å². The van der Waals surface area contributed by atoms with Crippen molar-refractivity contribution >= 4 is 11.9 Å². The smallest absolute Gasteiger partial charge is 0.328 e. The fourth-order valence-corrected chi connectivity index (χ4v) is 1.98. The van der Waals surface area contributed by atoms with Crippen molar-refractivity contribution in [1.82, 2.24) is 5.32 Å². The summed E-state index contributed by atoms with van der Waals surface area (Å²) < 4.78 is 5.09. The number of benzene rings is 1. The van der Waals surface area contributed by atoms with Crippen LogP contribution in [-0.2, 0) is 16.0 Å². The number of carbonyl (C=O) groups is 2. The molecule has 0 spiro atoms. The number of hydrogen-bond donors (Lipinski definition) is 1. The summed E-state index contributed by atoms with van der Waals surface area (Å²) >= 11 is 0. The zero-order chi connectivity index (χ0) is 16.4. The maximum absolute atomic E-state index is 12.1. The molecule has 0 bridgehead atoms. The van der Waals surface area contributed by atoms with Crippen LogP contribution in [0.3, 0.4) is 0 Å². The molecule has 4 nitrogen and oxygen atoms in total. The Morgan fingerprint density at radius 3 is 2.32 bits per heavy atom. The van der Waals surface area contributed by atoms with Crippen molar-refractivity contribution in [2.24, 2.45) is 0 Å². The lowest BCUT2D eigenvalue weighted by Gasteiger charge is -2.13. The van der Waals surface area contributed by atoms with Crippen molar-refractivity contribution < 1.29 is 14.3 Å². The molecule has 0 radical (unpaired) electrons. The van der Waals surface area contributed by atoms with Gasteiger partial charge in [-0.2, -0.15) is 0 Å². The van der Waals surface area contributed by atoms with Crippen LogP contribution in [0.5, 0.6) is 0 Å². The van der Waals surface area contributed by atoms with Crippen LogP contribution in [0.25, 0.3) is 0 Å². The van der Waals surface area contributed by atoms with E-state index in [0.29, 0.717) is 12.2 Å². The van der Waals surface area contributed by atoms with Crippen LogP contribution in [0, 0.1) is 0 Å². The highest BCUT2D eigenvalue weighted by molar-refractivity contribution is 5.96. The molecule has 0 fully saturated rings. The highest BCUT2D eigenvalue weighted by Gasteiger charge is 2.17. The number of rotatable bonds is 9. The third kappa shape index (κ3) is 6.29. The number of aryl methyl sites for hydroxylation is 1. The van der Waals surface area contributed by atoms with Crippen molar-refractivity contribution in [2.45, 2.75) is 58.9 Å². The highest BCUT2D eigenvalue weighted by atomic mass is 16.5. The molecule has 4 heteroatoms. The Morgan fingerprint density at radius 1 is 1.09 bits per heavy atom. The molecule has 1 N–H and O–H groups in total. The zero-order valence-electron chi connectivity index (χ0n) is 13.9. The van der Waals surface area contributed by atoms with Crippen molar-refractivity contribution in [3.8, 4) is 0 Å². The second-order valence-corrected chi connectivity index (χ2v) is 5.52. The molecule has 1 aromatic carbocycles. The number of ether oxygens (including phenoxy) is 1. The molecule has 1 rings (SSSR count). The first-order valence-electron chi connectivity index (χ1n) is 8.14. The van der Waals surface area contributed by atoms with E-state index in [2.05, 4.69) is 12.2 Å². The fourth-order valence-electron chi connectivity index (χ4n) is 1.98. The summed E-state index contributed by atoms with van der Waals surface area (Å²) in [6, 6.07) is 6.90. The van der Waals surface area contributed by atoms with Gasteiger partial charge in [-0.05, 0) is 43.9 Å². The van der Waals surface area contributed by atoms with Crippen LogP contribution in [0.2, 0.25) is 0 Å². The molecule has 1 amide bonds. The Morgan fingerprint density at radius 2 is 1.73 bits per heavy atom. The van der Waals surface area contributed by atoms with Gasteiger partial charge in [0, 0.05) is 5.56 Å². The topological polar surface area (TPSA) is 55.4 Å². The molecule has 0 saturated carbocycles. The fraction of sp³-hybridized carbons (Fsp3) is 0.556. The molecular formula is C18H27NO3. The average Bonchev–Trinajstić information content (AvgIpc) is 2.53. The minimum atomic E-state index is -0.635. The second kappa shape index (κ2) is 9.98. The first-order valence-corrected chi connectivity index (χ1v) is 8.14. The minimum absolute atomic E-state index is 0.248. The van der Waals surface area contributed by atoms with Crippen LogP contribution >= 0.6 is 0 Å². The second-order valence-electron chi connectivity index (χ2n) is 5.52.